The standard InChI is InChI=1S/C12H26N4O4/c13-4-1-2-8(14)6-11(18)16-5-3-9(17)7-10(15)12(19)20/h8-10,17H,1-7,13-15H2,(H,16,18)(H,19,20)/t8-,9-,10-/m0/s1. The summed E-state index contributed by atoms with van der Waals surface area (Å²) in [4.78, 5) is 22.0. The highest BCUT2D eigenvalue weighted by atomic mass is 16.4. The van der Waals surface area contributed by atoms with Gasteiger partial charge in [-0.1, -0.05) is 0 Å². The molecule has 0 saturated heterocycles. The van der Waals surface area contributed by atoms with E-state index in [0.717, 1.165) is 6.42 Å². The third-order valence-electron chi connectivity index (χ3n) is 2.87. The number of carbonyl (C=O) groups is 2. The smallest absolute Gasteiger partial charge is 0.320 e. The molecule has 0 saturated carbocycles. The van der Waals surface area contributed by atoms with Gasteiger partial charge in [-0.25, -0.2) is 0 Å². The molecule has 3 atom stereocenters. The fourth-order valence-corrected chi connectivity index (χ4v) is 1.68. The van der Waals surface area contributed by atoms with Gasteiger partial charge in [0.05, 0.1) is 6.10 Å². The zero-order chi connectivity index (χ0) is 15.5. The summed E-state index contributed by atoms with van der Waals surface area (Å²) in [5.74, 6) is -1.34. The van der Waals surface area contributed by atoms with E-state index in [1.807, 2.05) is 0 Å². The van der Waals surface area contributed by atoms with Crippen LogP contribution in [0.3, 0.4) is 0 Å². The minimum absolute atomic E-state index is 0.0405. The summed E-state index contributed by atoms with van der Waals surface area (Å²) >= 11 is 0. The lowest BCUT2D eigenvalue weighted by Crippen LogP contribution is -2.36. The van der Waals surface area contributed by atoms with E-state index in [0.29, 0.717) is 13.0 Å². The van der Waals surface area contributed by atoms with Crippen LogP contribution in [0.4, 0.5) is 0 Å². The molecule has 0 fully saturated rings. The molecular weight excluding hydrogens is 264 g/mol. The van der Waals surface area contributed by atoms with Crippen molar-refractivity contribution in [2.45, 2.75) is 50.3 Å². The van der Waals surface area contributed by atoms with E-state index >= 15 is 0 Å². The Hall–Kier alpha value is -1.22. The van der Waals surface area contributed by atoms with Crippen molar-refractivity contribution < 1.29 is 19.8 Å². The average molecular weight is 290 g/mol. The maximum absolute atomic E-state index is 11.5. The van der Waals surface area contributed by atoms with Crippen molar-refractivity contribution in [3.63, 3.8) is 0 Å². The molecule has 0 heterocycles. The van der Waals surface area contributed by atoms with Crippen molar-refractivity contribution in [1.29, 1.82) is 0 Å². The summed E-state index contributed by atoms with van der Waals surface area (Å²) in [7, 11) is 0. The number of nitrogens with one attached hydrogen (secondary N) is 1. The molecule has 20 heavy (non-hydrogen) atoms. The summed E-state index contributed by atoms with van der Waals surface area (Å²) in [5.41, 5.74) is 16.4. The zero-order valence-electron chi connectivity index (χ0n) is 11.6. The van der Waals surface area contributed by atoms with Crippen molar-refractivity contribution in [3.8, 4) is 0 Å². The average Bonchev–Trinajstić information content (AvgIpc) is 2.35. The maximum Gasteiger partial charge on any atom is 0.320 e. The van der Waals surface area contributed by atoms with Crippen LogP contribution in [0, 0.1) is 0 Å². The number of carbonyl (C=O) groups excluding carboxylic acids is 1. The van der Waals surface area contributed by atoms with Crippen LogP contribution in [0.5, 0.6) is 0 Å². The fraction of sp³-hybridized carbons (Fsp3) is 0.833. The number of hydrogen-bond donors (Lipinski definition) is 6. The number of aliphatic hydroxyl groups excluding tert-OH is 1. The van der Waals surface area contributed by atoms with Crippen LogP contribution in [0.1, 0.15) is 32.1 Å². The Morgan fingerprint density at radius 1 is 1.20 bits per heavy atom. The van der Waals surface area contributed by atoms with Crippen LogP contribution in [0.25, 0.3) is 0 Å². The summed E-state index contributed by atoms with van der Waals surface area (Å²) in [5, 5.41) is 20.8. The summed E-state index contributed by atoms with van der Waals surface area (Å²) in [6, 6.07) is -1.31. The van der Waals surface area contributed by atoms with Crippen LogP contribution in [-0.4, -0.2) is 53.4 Å². The summed E-state index contributed by atoms with van der Waals surface area (Å²) in [6.45, 7) is 0.807. The second-order valence-electron chi connectivity index (χ2n) is 4.87. The molecule has 0 aromatic rings. The van der Waals surface area contributed by atoms with E-state index in [1.54, 1.807) is 0 Å². The Kier molecular flexibility index (Phi) is 9.91. The van der Waals surface area contributed by atoms with E-state index in [4.69, 9.17) is 22.3 Å². The number of carboxylic acid groups (broad SMARTS) is 1. The molecule has 0 aliphatic heterocycles. The first kappa shape index (κ1) is 18.8. The number of aliphatic hydroxyl groups is 1. The second-order valence-corrected chi connectivity index (χ2v) is 4.87. The van der Waals surface area contributed by atoms with Gasteiger partial charge >= 0.3 is 5.97 Å². The first-order valence-corrected chi connectivity index (χ1v) is 6.75. The Labute approximate surface area is 118 Å². The summed E-state index contributed by atoms with van der Waals surface area (Å²) < 4.78 is 0. The lowest BCUT2D eigenvalue weighted by Gasteiger charge is -2.14. The van der Waals surface area contributed by atoms with Gasteiger partial charge in [0.15, 0.2) is 0 Å². The predicted octanol–water partition coefficient (Wildman–Crippen LogP) is -1.89. The van der Waals surface area contributed by atoms with Gasteiger partial charge in [-0.2, -0.15) is 0 Å². The molecule has 8 nitrogen and oxygen atoms in total. The van der Waals surface area contributed by atoms with Gasteiger partial charge in [0.1, 0.15) is 6.04 Å². The quantitative estimate of drug-likeness (QED) is 0.259. The van der Waals surface area contributed by atoms with E-state index in [2.05, 4.69) is 5.32 Å². The van der Waals surface area contributed by atoms with E-state index < -0.39 is 18.1 Å². The number of rotatable bonds is 11. The molecular formula is C12H26N4O4. The highest BCUT2D eigenvalue weighted by Crippen LogP contribution is 2.01. The van der Waals surface area contributed by atoms with Crippen molar-refractivity contribution >= 4 is 11.9 Å². The van der Waals surface area contributed by atoms with E-state index in [1.165, 1.54) is 0 Å². The first-order valence-electron chi connectivity index (χ1n) is 6.75. The minimum Gasteiger partial charge on any atom is -0.480 e. The van der Waals surface area contributed by atoms with Gasteiger partial charge in [-0.05, 0) is 32.2 Å². The SMILES string of the molecule is NCCC[C@H](N)CC(=O)NCC[C@H](O)C[C@H](N)C(=O)O. The molecule has 0 aromatic heterocycles. The monoisotopic (exact) mass is 290 g/mol. The lowest BCUT2D eigenvalue weighted by atomic mass is 10.1. The predicted molar refractivity (Wildman–Crippen MR) is 74.7 cm³/mol. The van der Waals surface area contributed by atoms with Crippen molar-refractivity contribution in [2.24, 2.45) is 17.2 Å². The second kappa shape index (κ2) is 10.6. The maximum atomic E-state index is 11.5. The molecule has 8 heteroatoms. The fourth-order valence-electron chi connectivity index (χ4n) is 1.68. The normalized spacial score (nSPS) is 15.4. The van der Waals surface area contributed by atoms with Gasteiger partial charge in [-0.15, -0.1) is 0 Å². The van der Waals surface area contributed by atoms with Gasteiger partial charge in [0.2, 0.25) is 5.91 Å². The van der Waals surface area contributed by atoms with E-state index in [-0.39, 0.29) is 37.8 Å². The minimum atomic E-state index is -1.15. The summed E-state index contributed by atoms with van der Waals surface area (Å²) in [6.07, 6.45) is 1.05. The van der Waals surface area contributed by atoms with Crippen LogP contribution in [-0.2, 0) is 9.59 Å². The Morgan fingerprint density at radius 2 is 1.85 bits per heavy atom. The zero-order valence-corrected chi connectivity index (χ0v) is 11.6. The molecule has 0 aromatic carbocycles. The molecule has 1 amide bonds. The topological polar surface area (TPSA) is 165 Å². The van der Waals surface area contributed by atoms with E-state index in [9.17, 15) is 14.7 Å². The third kappa shape index (κ3) is 9.68. The third-order valence-corrected chi connectivity index (χ3v) is 2.87. The van der Waals surface area contributed by atoms with Crippen LogP contribution >= 0.6 is 0 Å². The number of carboxylic acids is 1. The molecule has 0 radical (unpaired) electrons. The molecule has 0 aliphatic carbocycles. The molecule has 0 unspecified atom stereocenters. The molecule has 0 rings (SSSR count). The van der Waals surface area contributed by atoms with Gasteiger partial charge in [0.25, 0.3) is 0 Å². The first-order chi connectivity index (χ1) is 9.36. The van der Waals surface area contributed by atoms with Gasteiger partial charge in [0, 0.05) is 19.0 Å². The number of nitrogens with two attached hydrogens (primary N) is 3. The molecule has 0 aliphatic rings. The van der Waals surface area contributed by atoms with Crippen molar-refractivity contribution in [1.82, 2.24) is 5.32 Å². The van der Waals surface area contributed by atoms with Crippen molar-refractivity contribution in [2.75, 3.05) is 13.1 Å². The largest absolute Gasteiger partial charge is 0.480 e. The molecule has 9 N–H and O–H groups in total. The Morgan fingerprint density at radius 3 is 2.40 bits per heavy atom. The Balaban J connectivity index is 3.72. The highest BCUT2D eigenvalue weighted by molar-refractivity contribution is 5.76. The van der Waals surface area contributed by atoms with Gasteiger partial charge in [-0.3, -0.25) is 9.59 Å². The van der Waals surface area contributed by atoms with Crippen molar-refractivity contribution in [3.05, 3.63) is 0 Å². The molecule has 118 valence electrons. The number of hydrogen-bond acceptors (Lipinski definition) is 6. The molecule has 0 bridgehead atoms. The van der Waals surface area contributed by atoms with Crippen LogP contribution < -0.4 is 22.5 Å². The Bertz CT molecular complexity index is 301. The number of amides is 1. The lowest BCUT2D eigenvalue weighted by molar-refractivity contribution is -0.139. The highest BCUT2D eigenvalue weighted by Gasteiger charge is 2.17. The van der Waals surface area contributed by atoms with Crippen LogP contribution in [0.15, 0.2) is 0 Å². The molecule has 0 spiro atoms. The van der Waals surface area contributed by atoms with Gasteiger partial charge < -0.3 is 32.7 Å². The number of aliphatic carboxylic acids is 1. The van der Waals surface area contributed by atoms with Crippen LogP contribution in [0.2, 0.25) is 0 Å².